The fraction of sp³-hybridized carbons (Fsp3) is 0.385. The maximum Gasteiger partial charge on any atom is 0.586 e. The topological polar surface area (TPSA) is 191 Å². The van der Waals surface area contributed by atoms with Gasteiger partial charge in [0.1, 0.15) is 21.6 Å². The molecule has 0 spiro atoms. The first-order valence-corrected chi connectivity index (χ1v) is 28.5. The van der Waals surface area contributed by atoms with Crippen molar-refractivity contribution in [3.63, 3.8) is 0 Å². The van der Waals surface area contributed by atoms with Crippen LogP contribution in [0.3, 0.4) is 0 Å². The van der Waals surface area contributed by atoms with Gasteiger partial charge in [-0.05, 0) is 140 Å². The van der Waals surface area contributed by atoms with Crippen molar-refractivity contribution in [3.8, 4) is 23.0 Å². The van der Waals surface area contributed by atoms with E-state index in [1.54, 1.807) is 24.3 Å². The first-order valence-electron chi connectivity index (χ1n) is 23.8. The van der Waals surface area contributed by atoms with E-state index in [0.29, 0.717) is 68.5 Å². The summed E-state index contributed by atoms with van der Waals surface area (Å²) in [7, 11) is 0. The maximum atomic E-state index is 13.5. The second kappa shape index (κ2) is 20.7. The number of amides is 2. The highest BCUT2D eigenvalue weighted by Crippen LogP contribution is 2.54. The standard InChI is InChI=1S/2C26H26ClF2N3O4S2/c2*1-14-21(20(32-38(34)24(2,3)4)16-7-5-6-8-17(16)27)37-23(30-14)31-22(33)25(11-12-25)15-9-10-18-19(13-15)36-26(28,29)35-18/h2*5-10,13,20,32H,11-12H2,1-4H3,(H,30,31,33)/t20?,38-;20-,38+/m10/s1. The minimum Gasteiger partial charge on any atom is -0.598 e. The summed E-state index contributed by atoms with van der Waals surface area (Å²) in [6.07, 6.45) is -5.23. The molecule has 404 valence electrons. The lowest BCUT2D eigenvalue weighted by Gasteiger charge is -2.28. The van der Waals surface area contributed by atoms with Gasteiger partial charge in [-0.25, -0.2) is 9.97 Å². The van der Waals surface area contributed by atoms with E-state index in [2.05, 4.69) is 49.0 Å². The van der Waals surface area contributed by atoms with Gasteiger partial charge in [0.05, 0.1) is 32.0 Å². The quantitative estimate of drug-likeness (QED) is 0.0597. The van der Waals surface area contributed by atoms with Gasteiger partial charge in [0.2, 0.25) is 11.8 Å². The van der Waals surface area contributed by atoms with Crippen LogP contribution in [0, 0.1) is 13.8 Å². The van der Waals surface area contributed by atoms with Gasteiger partial charge in [0.25, 0.3) is 0 Å². The number of carbonyl (C=O) groups is 2. The molecule has 14 nitrogen and oxygen atoms in total. The second-order valence-electron chi connectivity index (χ2n) is 20.6. The third-order valence-electron chi connectivity index (χ3n) is 12.9. The Bertz CT molecular complexity index is 2990. The lowest BCUT2D eigenvalue weighted by atomic mass is 9.94. The molecule has 76 heavy (non-hydrogen) atoms. The Hall–Kier alpha value is -4.88. The summed E-state index contributed by atoms with van der Waals surface area (Å²) in [6.45, 7) is 14.9. The molecule has 0 bridgehead atoms. The molecule has 2 aliphatic heterocycles. The van der Waals surface area contributed by atoms with E-state index in [4.69, 9.17) is 23.2 Å². The molecule has 0 radical (unpaired) electrons. The van der Waals surface area contributed by atoms with E-state index >= 15 is 0 Å². The number of anilines is 2. The number of ether oxygens (including phenoxy) is 4. The van der Waals surface area contributed by atoms with Crippen LogP contribution >= 0.6 is 45.9 Å². The Morgan fingerprint density at radius 1 is 0.592 bits per heavy atom. The minimum atomic E-state index is -3.72. The Balaban J connectivity index is 0.000000186. The highest BCUT2D eigenvalue weighted by Gasteiger charge is 2.55. The maximum absolute atomic E-state index is 13.5. The van der Waals surface area contributed by atoms with Gasteiger partial charge in [-0.2, -0.15) is 0 Å². The zero-order chi connectivity index (χ0) is 54.9. The zero-order valence-electron chi connectivity index (χ0n) is 42.1. The number of aryl methyl sites for hydroxylation is 2. The van der Waals surface area contributed by atoms with Gasteiger partial charge in [0.15, 0.2) is 33.3 Å². The molecule has 4 N–H and O–H groups in total. The second-order valence-corrected chi connectivity index (χ2v) is 27.4. The third kappa shape index (κ3) is 11.8. The molecular weight excluding hydrogens is 1110 g/mol. The summed E-state index contributed by atoms with van der Waals surface area (Å²) in [6, 6.07) is 22.4. The average molecular weight is 1160 g/mol. The molecule has 4 aromatic carbocycles. The van der Waals surface area contributed by atoms with Crippen molar-refractivity contribution in [2.75, 3.05) is 10.6 Å². The van der Waals surface area contributed by atoms with E-state index in [1.807, 2.05) is 91.8 Å². The van der Waals surface area contributed by atoms with Crippen LogP contribution in [0.15, 0.2) is 84.9 Å². The average Bonchev–Trinajstić information content (AvgIpc) is 4.20. The lowest BCUT2D eigenvalue weighted by molar-refractivity contribution is -0.287. The molecule has 24 heteroatoms. The smallest absolute Gasteiger partial charge is 0.586 e. The van der Waals surface area contributed by atoms with Crippen LogP contribution < -0.4 is 39.0 Å². The first kappa shape index (κ1) is 55.9. The molecule has 1 unspecified atom stereocenters. The van der Waals surface area contributed by atoms with Gasteiger partial charge >= 0.3 is 12.6 Å². The molecular formula is C52H52Cl2F4N6O8S4. The Kier molecular flexibility index (Phi) is 15.2. The number of hydrogen-bond donors (Lipinski definition) is 4. The number of benzene rings is 4. The molecule has 4 heterocycles. The highest BCUT2D eigenvalue weighted by atomic mass is 35.5. The number of thiazole rings is 2. The molecule has 4 atom stereocenters. The van der Waals surface area contributed by atoms with Crippen LogP contribution in [0.4, 0.5) is 27.8 Å². The van der Waals surface area contributed by atoms with E-state index < -0.39 is 67.7 Å². The van der Waals surface area contributed by atoms with E-state index in [9.17, 15) is 36.3 Å². The number of hydrogen-bond acceptors (Lipinski definition) is 14. The molecule has 2 saturated carbocycles. The minimum absolute atomic E-state index is 0.0686. The summed E-state index contributed by atoms with van der Waals surface area (Å²) < 4.78 is 103. The van der Waals surface area contributed by atoms with Gasteiger partial charge < -0.3 is 38.7 Å². The summed E-state index contributed by atoms with van der Waals surface area (Å²) >= 11 is 12.7. The summed E-state index contributed by atoms with van der Waals surface area (Å²) in [5, 5.41) is 7.59. The van der Waals surface area contributed by atoms with E-state index in [0.717, 1.165) is 20.9 Å². The fourth-order valence-electron chi connectivity index (χ4n) is 8.43. The normalized spacial score (nSPS) is 18.6. The molecule has 4 aliphatic rings. The van der Waals surface area contributed by atoms with Gasteiger partial charge in [-0.15, -0.1) is 27.0 Å². The third-order valence-corrected chi connectivity index (χ3v) is 19.0. The van der Waals surface area contributed by atoms with Crippen LogP contribution in [0.5, 0.6) is 23.0 Å². The number of halogens is 6. The van der Waals surface area contributed by atoms with E-state index in [-0.39, 0.29) is 34.8 Å². The van der Waals surface area contributed by atoms with Gasteiger partial charge in [0, 0.05) is 32.8 Å². The Morgan fingerprint density at radius 3 is 1.26 bits per heavy atom. The lowest BCUT2D eigenvalue weighted by Crippen LogP contribution is -2.41. The molecule has 2 fully saturated rings. The van der Waals surface area contributed by atoms with Gasteiger partial charge in [-0.1, -0.05) is 94.4 Å². The number of alkyl halides is 4. The number of nitrogens with zero attached hydrogens (tertiary/aromatic N) is 2. The predicted octanol–water partition coefficient (Wildman–Crippen LogP) is 12.5. The van der Waals surface area contributed by atoms with E-state index in [1.165, 1.54) is 46.9 Å². The van der Waals surface area contributed by atoms with Crippen molar-refractivity contribution in [2.24, 2.45) is 0 Å². The summed E-state index contributed by atoms with van der Waals surface area (Å²) in [5.41, 5.74) is 2.19. The molecule has 0 saturated heterocycles. The Morgan fingerprint density at radius 2 is 0.934 bits per heavy atom. The fourth-order valence-corrected chi connectivity index (χ4v) is 12.8. The van der Waals surface area contributed by atoms with Crippen LogP contribution in [0.2, 0.25) is 10.0 Å². The highest BCUT2D eigenvalue weighted by molar-refractivity contribution is 7.91. The molecule has 2 amide bonds. The molecule has 10 rings (SSSR count). The van der Waals surface area contributed by atoms with Gasteiger partial charge in [-0.3, -0.25) is 9.59 Å². The molecule has 2 aliphatic carbocycles. The monoisotopic (exact) mass is 1160 g/mol. The summed E-state index contributed by atoms with van der Waals surface area (Å²) in [5.74, 6) is -0.909. The zero-order valence-corrected chi connectivity index (χ0v) is 46.9. The number of nitrogens with one attached hydrogen (secondary N) is 4. The van der Waals surface area contributed by atoms with Crippen LogP contribution in [-0.2, 0) is 43.1 Å². The first-order chi connectivity index (χ1) is 35.6. The van der Waals surface area contributed by atoms with Crippen molar-refractivity contribution in [2.45, 2.75) is 126 Å². The summed E-state index contributed by atoms with van der Waals surface area (Å²) in [4.78, 5) is 37.5. The van der Waals surface area contributed by atoms with Crippen molar-refractivity contribution in [3.05, 3.63) is 138 Å². The van der Waals surface area contributed by atoms with Crippen LogP contribution in [-0.4, -0.2) is 53.0 Å². The number of aromatic nitrogens is 2. The van der Waals surface area contributed by atoms with Crippen molar-refractivity contribution >= 4 is 90.7 Å². The number of fused-ring (bicyclic) bond motifs is 2. The largest absolute Gasteiger partial charge is 0.598 e. The van der Waals surface area contributed by atoms with Crippen molar-refractivity contribution in [1.29, 1.82) is 0 Å². The van der Waals surface area contributed by atoms with Crippen molar-refractivity contribution < 1.29 is 55.2 Å². The Labute approximate surface area is 460 Å². The number of carbonyl (C=O) groups excluding carboxylic acids is 2. The SMILES string of the molecule is Cc1nc(NC(=O)C2(c3ccc4c(c3)OC(F)(F)O4)CC2)sc1C(N[S@+]([O-])C(C)(C)C)c1ccccc1Cl.Cc1nc(NC(=O)C2(c3ccc4c(c3)OC(F)(F)O4)CC2)sc1[C@@H](N[S@+]([O-])C(C)(C)C)c1ccccc1Cl. The predicted molar refractivity (Wildman–Crippen MR) is 287 cm³/mol. The molecule has 6 aromatic rings. The van der Waals surface area contributed by atoms with Crippen molar-refractivity contribution in [1.82, 2.24) is 19.4 Å². The number of rotatable bonds is 14. The van der Waals surface area contributed by atoms with Crippen LogP contribution in [0.25, 0.3) is 0 Å². The molecule has 2 aromatic heterocycles. The van der Waals surface area contributed by atoms with Crippen LogP contribution in [0.1, 0.15) is 123 Å².